The average molecular weight is 747 g/mol. The van der Waals surface area contributed by atoms with Crippen LogP contribution in [0.4, 0.5) is 0 Å². The Balaban J connectivity index is 0.933. The molecule has 0 atom stereocenters. The molecule has 9 aromatic carbocycles. The highest BCUT2D eigenvalue weighted by molar-refractivity contribution is 7.26. The zero-order chi connectivity index (χ0) is 36.7. The summed E-state index contributed by atoms with van der Waals surface area (Å²) in [6, 6.07) is 64.2. The maximum atomic E-state index is 5.29. The van der Waals surface area contributed by atoms with Gasteiger partial charge in [-0.1, -0.05) is 140 Å². The van der Waals surface area contributed by atoms with Gasteiger partial charge in [-0.15, -0.1) is 22.7 Å². The smallest absolute Gasteiger partial charge is 0.143 e. The van der Waals surface area contributed by atoms with Gasteiger partial charge in [-0.2, -0.15) is 0 Å². The van der Waals surface area contributed by atoms with Crippen LogP contribution in [0.5, 0.6) is 0 Å². The minimum absolute atomic E-state index is 0.881. The lowest BCUT2D eigenvalue weighted by molar-refractivity contribution is 1.32. The first-order chi connectivity index (χ1) is 27.7. The Morgan fingerprint density at radius 3 is 1.64 bits per heavy atom. The Kier molecular flexibility index (Phi) is 7.00. The Hall–Kier alpha value is -6.72. The van der Waals surface area contributed by atoms with E-state index in [9.17, 15) is 0 Å². The van der Waals surface area contributed by atoms with Crippen molar-refractivity contribution in [1.29, 1.82) is 0 Å². The van der Waals surface area contributed by atoms with Gasteiger partial charge in [-0.25, -0.2) is 9.97 Å². The van der Waals surface area contributed by atoms with E-state index >= 15 is 0 Å². The summed E-state index contributed by atoms with van der Waals surface area (Å²) in [5.41, 5.74) is 10.1. The van der Waals surface area contributed by atoms with Crippen molar-refractivity contribution < 1.29 is 0 Å². The van der Waals surface area contributed by atoms with E-state index in [-0.39, 0.29) is 0 Å². The van der Waals surface area contributed by atoms with Crippen LogP contribution < -0.4 is 0 Å². The molecule has 0 N–H and O–H groups in total. The van der Waals surface area contributed by atoms with E-state index in [2.05, 4.69) is 176 Å². The van der Waals surface area contributed by atoms with Crippen molar-refractivity contribution in [2.45, 2.75) is 0 Å². The molecule has 3 heterocycles. The number of benzene rings is 9. The zero-order valence-corrected chi connectivity index (χ0v) is 31.7. The molecule has 0 spiro atoms. The Labute approximate surface area is 330 Å². The molecule has 0 aliphatic carbocycles. The van der Waals surface area contributed by atoms with Gasteiger partial charge >= 0.3 is 0 Å². The van der Waals surface area contributed by atoms with E-state index in [4.69, 9.17) is 9.97 Å². The highest BCUT2D eigenvalue weighted by Gasteiger charge is 2.15. The second kappa shape index (κ2) is 12.4. The number of fused-ring (bicyclic) bond motifs is 12. The SMILES string of the molecule is c1cc(-c2ccc3c4ccccc4c4ccccc4c3c2)cc(-c2ccc3sc4ncc(-c5cccc(-c6cccc7c6sc6ccccc67)c5)nc4c3c2)c1. The van der Waals surface area contributed by atoms with Crippen LogP contribution in [0, 0.1) is 0 Å². The second-order valence-corrected chi connectivity index (χ2v) is 16.6. The van der Waals surface area contributed by atoms with Gasteiger partial charge < -0.3 is 0 Å². The minimum Gasteiger partial charge on any atom is -0.243 e. The molecule has 2 nitrogen and oxygen atoms in total. The molecule has 3 aromatic heterocycles. The van der Waals surface area contributed by atoms with Gasteiger partial charge in [0.15, 0.2) is 0 Å². The summed E-state index contributed by atoms with van der Waals surface area (Å²) in [6.45, 7) is 0. The highest BCUT2D eigenvalue weighted by atomic mass is 32.1. The Morgan fingerprint density at radius 2 is 0.875 bits per heavy atom. The van der Waals surface area contributed by atoms with Gasteiger partial charge in [0.2, 0.25) is 0 Å². The molecular weight excluding hydrogens is 717 g/mol. The van der Waals surface area contributed by atoms with Gasteiger partial charge in [0, 0.05) is 35.8 Å². The van der Waals surface area contributed by atoms with Gasteiger partial charge in [0.25, 0.3) is 0 Å². The van der Waals surface area contributed by atoms with Crippen molar-refractivity contribution in [2.75, 3.05) is 0 Å². The molecule has 4 heteroatoms. The predicted octanol–water partition coefficient (Wildman–Crippen LogP) is 15.3. The molecule has 0 aliphatic heterocycles. The van der Waals surface area contributed by atoms with Crippen molar-refractivity contribution in [3.63, 3.8) is 0 Å². The molecule has 56 heavy (non-hydrogen) atoms. The zero-order valence-electron chi connectivity index (χ0n) is 30.0. The lowest BCUT2D eigenvalue weighted by atomic mass is 9.91. The number of rotatable bonds is 4. The molecule has 0 fully saturated rings. The van der Waals surface area contributed by atoms with Crippen LogP contribution in [-0.4, -0.2) is 9.97 Å². The molecular formula is C52H30N2S2. The fourth-order valence-electron chi connectivity index (χ4n) is 8.64. The van der Waals surface area contributed by atoms with E-state index in [0.717, 1.165) is 27.0 Å². The molecule has 260 valence electrons. The van der Waals surface area contributed by atoms with Crippen molar-refractivity contribution >= 4 is 95.6 Å². The summed E-state index contributed by atoms with van der Waals surface area (Å²) in [4.78, 5) is 11.2. The summed E-state index contributed by atoms with van der Waals surface area (Å²) < 4.78 is 3.82. The molecule has 0 amide bonds. The number of thiophene rings is 2. The van der Waals surface area contributed by atoms with E-state index < -0.39 is 0 Å². The predicted molar refractivity (Wildman–Crippen MR) is 242 cm³/mol. The van der Waals surface area contributed by atoms with Crippen molar-refractivity contribution in [3.05, 3.63) is 182 Å². The third-order valence-corrected chi connectivity index (χ3v) is 13.6. The summed E-state index contributed by atoms with van der Waals surface area (Å²) >= 11 is 3.57. The third-order valence-electron chi connectivity index (χ3n) is 11.3. The maximum Gasteiger partial charge on any atom is 0.143 e. The molecule has 0 saturated heterocycles. The third kappa shape index (κ3) is 4.93. The van der Waals surface area contributed by atoms with Crippen molar-refractivity contribution in [2.24, 2.45) is 0 Å². The van der Waals surface area contributed by atoms with Gasteiger partial charge in [0.05, 0.1) is 11.9 Å². The lowest BCUT2D eigenvalue weighted by Crippen LogP contribution is -1.88. The largest absolute Gasteiger partial charge is 0.243 e. The average Bonchev–Trinajstić information content (AvgIpc) is 3.84. The van der Waals surface area contributed by atoms with Crippen LogP contribution >= 0.6 is 22.7 Å². The van der Waals surface area contributed by atoms with Crippen LogP contribution in [0.1, 0.15) is 0 Å². The standard InChI is InChI=1S/C52H30N2S2/c1-2-16-40-38(14-1)39-15-3-4-17-41(39)45-28-33(22-24-42(40)45)31-10-7-11-32(26-31)34-23-25-49-46(29-34)50-52(56-49)53-30-47(54-50)36-13-8-12-35(27-36)37-19-9-20-44-43-18-5-6-21-48(43)55-51(37)44/h1-30H. The van der Waals surface area contributed by atoms with Crippen molar-refractivity contribution in [1.82, 2.24) is 9.97 Å². The molecule has 0 bridgehead atoms. The van der Waals surface area contributed by atoms with Crippen LogP contribution in [0.3, 0.4) is 0 Å². The fourth-order valence-corrected chi connectivity index (χ4v) is 10.8. The number of nitrogens with zero attached hydrogens (tertiary/aromatic N) is 2. The molecule has 0 aliphatic rings. The van der Waals surface area contributed by atoms with Crippen LogP contribution in [0.25, 0.3) is 118 Å². The van der Waals surface area contributed by atoms with Gasteiger partial charge in [-0.3, -0.25) is 0 Å². The maximum absolute atomic E-state index is 5.29. The lowest BCUT2D eigenvalue weighted by Gasteiger charge is -2.12. The first kappa shape index (κ1) is 31.6. The molecule has 0 radical (unpaired) electrons. The van der Waals surface area contributed by atoms with Crippen molar-refractivity contribution in [3.8, 4) is 44.6 Å². The molecule has 12 aromatic rings. The number of hydrogen-bond donors (Lipinski definition) is 0. The summed E-state index contributed by atoms with van der Waals surface area (Å²) in [5, 5.41) is 11.5. The number of aromatic nitrogens is 2. The quantitative estimate of drug-likeness (QED) is 0.168. The van der Waals surface area contributed by atoms with Crippen LogP contribution in [0.2, 0.25) is 0 Å². The first-order valence-corrected chi connectivity index (χ1v) is 20.5. The van der Waals surface area contributed by atoms with E-state index in [1.54, 1.807) is 11.3 Å². The van der Waals surface area contributed by atoms with Gasteiger partial charge in [0.1, 0.15) is 10.3 Å². The summed E-state index contributed by atoms with van der Waals surface area (Å²) in [5.74, 6) is 0. The summed E-state index contributed by atoms with van der Waals surface area (Å²) in [6.07, 6.45) is 1.93. The van der Waals surface area contributed by atoms with Crippen LogP contribution in [0.15, 0.2) is 182 Å². The van der Waals surface area contributed by atoms with E-state index in [1.807, 2.05) is 17.5 Å². The van der Waals surface area contributed by atoms with E-state index in [1.165, 1.54) is 90.6 Å². The minimum atomic E-state index is 0.881. The van der Waals surface area contributed by atoms with Crippen LogP contribution in [-0.2, 0) is 0 Å². The number of hydrogen-bond acceptors (Lipinski definition) is 4. The molecule has 12 rings (SSSR count). The molecule has 0 saturated carbocycles. The molecule has 0 unspecified atom stereocenters. The van der Waals surface area contributed by atoms with E-state index in [0.29, 0.717) is 0 Å². The second-order valence-electron chi connectivity index (χ2n) is 14.5. The van der Waals surface area contributed by atoms with Gasteiger partial charge in [-0.05, 0) is 102 Å². The Bertz CT molecular complexity index is 3520. The fraction of sp³-hybridized carbons (Fsp3) is 0. The summed E-state index contributed by atoms with van der Waals surface area (Å²) in [7, 11) is 0. The Morgan fingerprint density at radius 1 is 0.339 bits per heavy atom. The highest BCUT2D eigenvalue weighted by Crippen LogP contribution is 2.42. The first-order valence-electron chi connectivity index (χ1n) is 18.9. The topological polar surface area (TPSA) is 25.8 Å². The monoisotopic (exact) mass is 746 g/mol. The normalized spacial score (nSPS) is 11.9.